The number of oxazole rings is 1. The number of aryl methyl sites for hydroxylation is 2. The van der Waals surface area contributed by atoms with Crippen molar-refractivity contribution < 1.29 is 26.7 Å². The Morgan fingerprint density at radius 2 is 1.65 bits per heavy atom. The van der Waals surface area contributed by atoms with E-state index in [4.69, 9.17) is 4.42 Å². The summed E-state index contributed by atoms with van der Waals surface area (Å²) < 4.78 is 69.8. The highest BCUT2D eigenvalue weighted by Crippen LogP contribution is 2.49. The minimum absolute atomic E-state index is 0.00198. The van der Waals surface area contributed by atoms with Crippen molar-refractivity contribution in [1.29, 1.82) is 0 Å². The Bertz CT molecular complexity index is 1530. The fraction of sp³-hybridized carbons (Fsp3) is 0.259. The predicted octanol–water partition coefficient (Wildman–Crippen LogP) is 6.82. The van der Waals surface area contributed by atoms with Crippen molar-refractivity contribution in [1.82, 2.24) is 9.55 Å². The van der Waals surface area contributed by atoms with Crippen LogP contribution in [0.25, 0.3) is 28.3 Å². The zero-order chi connectivity index (χ0) is 26.5. The zero-order valence-electron chi connectivity index (χ0n) is 20.2. The maximum atomic E-state index is 14.9. The molecule has 0 unspecified atom stereocenters. The molecular weight excluding hydrogens is 505 g/mol. The minimum Gasteiger partial charge on any atom is -0.440 e. The van der Waals surface area contributed by atoms with Crippen LogP contribution in [-0.2, 0) is 0 Å². The van der Waals surface area contributed by atoms with Crippen LogP contribution in [0, 0.1) is 31.3 Å². The van der Waals surface area contributed by atoms with Crippen LogP contribution in [0.15, 0.2) is 57.9 Å². The Labute approximate surface area is 212 Å². The zero-order valence-corrected chi connectivity index (χ0v) is 21.0. The molecule has 0 atom stereocenters. The molecule has 0 spiro atoms. The molecule has 0 bridgehead atoms. The number of aromatic nitrogens is 2. The summed E-state index contributed by atoms with van der Waals surface area (Å²) in [4.78, 5) is 17.5. The highest BCUT2D eigenvalue weighted by atomic mass is 32.3. The van der Waals surface area contributed by atoms with Crippen LogP contribution in [0.4, 0.5) is 13.2 Å². The third kappa shape index (κ3) is 4.96. The van der Waals surface area contributed by atoms with Crippen molar-refractivity contribution in [2.45, 2.75) is 32.6 Å². The number of rotatable bonds is 4. The standard InChI is InChI=1S/C27H25F3N2O4S/c1-15-11-20(29)12-16(2)25(15)32-14-18(3-6-23(32)33)24-26(21-5-4-19(28)13-22(21)30)36-27(31-24)17-7-9-37(34,35)10-8-17/h3-6,11-14,17,34-35H,7-10H2,1-2H3. The van der Waals surface area contributed by atoms with Crippen LogP contribution in [0.1, 0.15) is 35.8 Å². The second-order valence-electron chi connectivity index (χ2n) is 9.35. The summed E-state index contributed by atoms with van der Waals surface area (Å²) in [5.74, 6) is -1.41. The summed E-state index contributed by atoms with van der Waals surface area (Å²) in [5.41, 5.74) is 1.98. The number of hydrogen-bond acceptors (Lipinski definition) is 5. The molecular formula is C27H25F3N2O4S. The van der Waals surface area contributed by atoms with Gasteiger partial charge >= 0.3 is 0 Å². The number of nitrogens with zero attached hydrogens (tertiary/aromatic N) is 2. The molecule has 5 rings (SSSR count). The van der Waals surface area contributed by atoms with Gasteiger partial charge in [0, 0.05) is 41.3 Å². The molecule has 2 aromatic carbocycles. The molecule has 0 aliphatic carbocycles. The molecule has 6 nitrogen and oxygen atoms in total. The SMILES string of the molecule is Cc1cc(F)cc(C)c1-n1cc(-c2nc(C3CCS(O)(O)CC3)oc2-c2ccc(F)cc2F)ccc1=O. The second kappa shape index (κ2) is 9.51. The summed E-state index contributed by atoms with van der Waals surface area (Å²) in [6.07, 6.45) is 2.40. The van der Waals surface area contributed by atoms with Crippen molar-refractivity contribution in [3.8, 4) is 28.3 Å². The summed E-state index contributed by atoms with van der Waals surface area (Å²) >= 11 is 0. The summed E-state index contributed by atoms with van der Waals surface area (Å²) in [6.45, 7) is 3.40. The van der Waals surface area contributed by atoms with Crippen LogP contribution in [0.3, 0.4) is 0 Å². The van der Waals surface area contributed by atoms with Gasteiger partial charge in [-0.2, -0.15) is 10.6 Å². The Hall–Kier alpha value is -3.34. The summed E-state index contributed by atoms with van der Waals surface area (Å²) in [6, 6.07) is 8.68. The van der Waals surface area contributed by atoms with Crippen LogP contribution in [0.5, 0.6) is 0 Å². The van der Waals surface area contributed by atoms with Crippen LogP contribution < -0.4 is 5.56 Å². The van der Waals surface area contributed by atoms with Gasteiger partial charge in [0.2, 0.25) is 0 Å². The van der Waals surface area contributed by atoms with Gasteiger partial charge < -0.3 is 4.42 Å². The molecule has 0 radical (unpaired) electrons. The average molecular weight is 531 g/mol. The van der Waals surface area contributed by atoms with E-state index in [2.05, 4.69) is 4.98 Å². The molecule has 1 aliphatic heterocycles. The molecule has 3 heterocycles. The Balaban J connectivity index is 1.67. The number of halogens is 3. The molecule has 2 aromatic heterocycles. The predicted molar refractivity (Wildman–Crippen MR) is 137 cm³/mol. The van der Waals surface area contributed by atoms with E-state index in [1.54, 1.807) is 20.0 Å². The van der Waals surface area contributed by atoms with E-state index in [1.165, 1.54) is 34.9 Å². The molecule has 0 amide bonds. The lowest BCUT2D eigenvalue weighted by atomic mass is 10.0. The lowest BCUT2D eigenvalue weighted by Crippen LogP contribution is -2.19. The van der Waals surface area contributed by atoms with Crippen molar-refractivity contribution in [3.63, 3.8) is 0 Å². The molecule has 4 aromatic rings. The van der Waals surface area contributed by atoms with Gasteiger partial charge in [0.05, 0.1) is 11.3 Å². The largest absolute Gasteiger partial charge is 0.440 e. The molecule has 2 N–H and O–H groups in total. The minimum atomic E-state index is -2.63. The van der Waals surface area contributed by atoms with Gasteiger partial charge in [-0.05, 0) is 68.1 Å². The normalized spacial score (nSPS) is 16.6. The van der Waals surface area contributed by atoms with Crippen molar-refractivity contribution in [3.05, 3.63) is 93.5 Å². The second-order valence-corrected chi connectivity index (χ2v) is 11.8. The van der Waals surface area contributed by atoms with E-state index in [-0.39, 0.29) is 40.0 Å². The lowest BCUT2D eigenvalue weighted by molar-refractivity contribution is 0.408. The van der Waals surface area contributed by atoms with Crippen LogP contribution >= 0.6 is 10.6 Å². The smallest absolute Gasteiger partial charge is 0.255 e. The van der Waals surface area contributed by atoms with Gasteiger partial charge in [0.15, 0.2) is 11.7 Å². The Kier molecular flexibility index (Phi) is 6.51. The first-order valence-corrected chi connectivity index (χ1v) is 13.6. The molecule has 10 heteroatoms. The van der Waals surface area contributed by atoms with Gasteiger partial charge in [-0.3, -0.25) is 18.5 Å². The summed E-state index contributed by atoms with van der Waals surface area (Å²) in [7, 11) is -2.63. The number of pyridine rings is 1. The molecule has 1 fully saturated rings. The Morgan fingerprint density at radius 1 is 0.973 bits per heavy atom. The highest BCUT2D eigenvalue weighted by molar-refractivity contribution is 8.24. The summed E-state index contributed by atoms with van der Waals surface area (Å²) in [5, 5.41) is 0. The van der Waals surface area contributed by atoms with Gasteiger partial charge in [-0.25, -0.2) is 18.2 Å². The van der Waals surface area contributed by atoms with E-state index in [1.807, 2.05) is 0 Å². The van der Waals surface area contributed by atoms with E-state index in [9.17, 15) is 27.1 Å². The van der Waals surface area contributed by atoms with Crippen molar-refractivity contribution >= 4 is 10.6 Å². The topological polar surface area (TPSA) is 88.5 Å². The van der Waals surface area contributed by atoms with E-state index in [0.717, 1.165) is 12.1 Å². The molecule has 194 valence electrons. The quantitative estimate of drug-likeness (QED) is 0.302. The van der Waals surface area contributed by atoms with Gasteiger partial charge in [0.25, 0.3) is 5.56 Å². The highest BCUT2D eigenvalue weighted by Gasteiger charge is 2.30. The van der Waals surface area contributed by atoms with Crippen LogP contribution in [0.2, 0.25) is 0 Å². The first-order valence-electron chi connectivity index (χ1n) is 11.7. The fourth-order valence-corrected chi connectivity index (χ4v) is 6.33. The number of benzene rings is 2. The Morgan fingerprint density at radius 3 is 2.30 bits per heavy atom. The third-order valence-corrected chi connectivity index (χ3v) is 8.42. The molecule has 37 heavy (non-hydrogen) atoms. The maximum absolute atomic E-state index is 14.9. The van der Waals surface area contributed by atoms with E-state index >= 15 is 0 Å². The van der Waals surface area contributed by atoms with E-state index in [0.29, 0.717) is 41.1 Å². The lowest BCUT2D eigenvalue weighted by Gasteiger charge is -2.38. The first-order chi connectivity index (χ1) is 17.5. The van der Waals surface area contributed by atoms with Gasteiger partial charge in [-0.15, -0.1) is 0 Å². The molecule has 1 saturated heterocycles. The number of hydrogen-bond donors (Lipinski definition) is 2. The van der Waals surface area contributed by atoms with E-state index < -0.39 is 28.0 Å². The maximum Gasteiger partial charge on any atom is 0.255 e. The monoisotopic (exact) mass is 530 g/mol. The first kappa shape index (κ1) is 25.3. The molecule has 0 saturated carbocycles. The van der Waals surface area contributed by atoms with Crippen molar-refractivity contribution in [2.75, 3.05) is 11.5 Å². The van der Waals surface area contributed by atoms with Crippen LogP contribution in [-0.4, -0.2) is 30.2 Å². The van der Waals surface area contributed by atoms with Crippen molar-refractivity contribution in [2.24, 2.45) is 0 Å². The van der Waals surface area contributed by atoms with Gasteiger partial charge in [-0.1, -0.05) is 0 Å². The van der Waals surface area contributed by atoms with Gasteiger partial charge in [0.1, 0.15) is 23.1 Å². The average Bonchev–Trinajstić information content (AvgIpc) is 3.24. The fourth-order valence-electron chi connectivity index (χ4n) is 4.80. The third-order valence-electron chi connectivity index (χ3n) is 6.64. The molecule has 1 aliphatic rings.